The average Bonchev–Trinajstić information content (AvgIpc) is 2.28. The quantitative estimate of drug-likeness (QED) is 0.596. The zero-order valence-electron chi connectivity index (χ0n) is 9.03. The van der Waals surface area contributed by atoms with Crippen molar-refractivity contribution in [2.75, 3.05) is 20.5 Å². The standard InChI is InChI=1S/C10H15NO3S/c1-13-8-5-4-7(6-11-12)9(14-2)10(8)15-3/h4-5,11-12H,6H2,1-3H3. The molecule has 0 unspecified atom stereocenters. The topological polar surface area (TPSA) is 50.7 Å². The first-order chi connectivity index (χ1) is 7.28. The van der Waals surface area contributed by atoms with Crippen molar-refractivity contribution in [2.45, 2.75) is 11.4 Å². The summed E-state index contributed by atoms with van der Waals surface area (Å²) in [5.74, 6) is 1.52. The molecule has 15 heavy (non-hydrogen) atoms. The van der Waals surface area contributed by atoms with Crippen molar-refractivity contribution in [1.29, 1.82) is 0 Å². The molecular formula is C10H15NO3S. The van der Waals surface area contributed by atoms with Crippen molar-refractivity contribution in [1.82, 2.24) is 5.48 Å². The number of hydrogen-bond acceptors (Lipinski definition) is 5. The maximum atomic E-state index is 8.69. The summed E-state index contributed by atoms with van der Waals surface area (Å²) in [7, 11) is 3.23. The Labute approximate surface area is 93.5 Å². The Balaban J connectivity index is 3.21. The van der Waals surface area contributed by atoms with Crippen LogP contribution in [0.3, 0.4) is 0 Å². The van der Waals surface area contributed by atoms with Gasteiger partial charge in [-0.25, -0.2) is 5.48 Å². The molecule has 1 rings (SSSR count). The van der Waals surface area contributed by atoms with Gasteiger partial charge in [-0.3, -0.25) is 0 Å². The molecule has 5 heteroatoms. The third-order valence-electron chi connectivity index (χ3n) is 2.06. The molecule has 0 saturated heterocycles. The maximum Gasteiger partial charge on any atom is 0.140 e. The van der Waals surface area contributed by atoms with Crippen LogP contribution in [-0.2, 0) is 6.54 Å². The Morgan fingerprint density at radius 3 is 2.53 bits per heavy atom. The van der Waals surface area contributed by atoms with E-state index in [4.69, 9.17) is 14.7 Å². The van der Waals surface area contributed by atoms with Gasteiger partial charge in [0.05, 0.1) is 19.1 Å². The number of hydroxylamine groups is 1. The van der Waals surface area contributed by atoms with Gasteiger partial charge in [0.15, 0.2) is 0 Å². The zero-order valence-corrected chi connectivity index (χ0v) is 9.85. The van der Waals surface area contributed by atoms with Crippen LogP contribution < -0.4 is 15.0 Å². The van der Waals surface area contributed by atoms with Crippen LogP contribution in [0.15, 0.2) is 17.0 Å². The van der Waals surface area contributed by atoms with E-state index in [1.54, 1.807) is 26.0 Å². The number of benzene rings is 1. The van der Waals surface area contributed by atoms with E-state index < -0.39 is 0 Å². The Kier molecular flexibility index (Phi) is 4.74. The molecule has 0 spiro atoms. The molecule has 84 valence electrons. The van der Waals surface area contributed by atoms with E-state index in [1.165, 1.54) is 0 Å². The highest BCUT2D eigenvalue weighted by Gasteiger charge is 2.13. The Hall–Kier alpha value is -0.910. The lowest BCUT2D eigenvalue weighted by atomic mass is 10.2. The molecule has 0 amide bonds. The summed E-state index contributed by atoms with van der Waals surface area (Å²) in [4.78, 5) is 0.938. The molecular weight excluding hydrogens is 214 g/mol. The van der Waals surface area contributed by atoms with E-state index in [9.17, 15) is 0 Å². The van der Waals surface area contributed by atoms with E-state index in [2.05, 4.69) is 5.48 Å². The van der Waals surface area contributed by atoms with Crippen molar-refractivity contribution in [2.24, 2.45) is 0 Å². The van der Waals surface area contributed by atoms with Crippen LogP contribution in [0.4, 0.5) is 0 Å². The van der Waals surface area contributed by atoms with E-state index in [1.807, 2.05) is 18.4 Å². The number of rotatable bonds is 5. The minimum atomic E-state index is 0.348. The van der Waals surface area contributed by atoms with E-state index in [0.717, 1.165) is 22.0 Å². The van der Waals surface area contributed by atoms with Gasteiger partial charge in [0.2, 0.25) is 0 Å². The summed E-state index contributed by atoms with van der Waals surface area (Å²) in [6.07, 6.45) is 1.95. The third-order valence-corrected chi connectivity index (χ3v) is 2.85. The molecule has 0 fully saturated rings. The third kappa shape index (κ3) is 2.56. The molecule has 0 aliphatic heterocycles. The number of hydrogen-bond donors (Lipinski definition) is 2. The predicted molar refractivity (Wildman–Crippen MR) is 60.0 cm³/mol. The highest BCUT2D eigenvalue weighted by Crippen LogP contribution is 2.38. The number of nitrogens with one attached hydrogen (secondary N) is 1. The fourth-order valence-electron chi connectivity index (χ4n) is 1.39. The summed E-state index contributed by atoms with van der Waals surface area (Å²) in [5, 5.41) is 8.69. The van der Waals surface area contributed by atoms with Crippen molar-refractivity contribution in [3.05, 3.63) is 17.7 Å². The van der Waals surface area contributed by atoms with Crippen LogP contribution in [-0.4, -0.2) is 25.7 Å². The summed E-state index contributed by atoms with van der Waals surface area (Å²) < 4.78 is 10.5. The number of ether oxygens (including phenoxy) is 2. The van der Waals surface area contributed by atoms with Crippen molar-refractivity contribution >= 4 is 11.8 Å². The number of methoxy groups -OCH3 is 2. The molecule has 2 N–H and O–H groups in total. The lowest BCUT2D eigenvalue weighted by Gasteiger charge is -2.14. The molecule has 1 aromatic rings. The van der Waals surface area contributed by atoms with Crippen LogP contribution >= 0.6 is 11.8 Å². The molecule has 0 atom stereocenters. The van der Waals surface area contributed by atoms with E-state index in [-0.39, 0.29) is 0 Å². The van der Waals surface area contributed by atoms with Crippen LogP contribution in [0.5, 0.6) is 11.5 Å². The number of thioether (sulfide) groups is 1. The van der Waals surface area contributed by atoms with Gasteiger partial charge >= 0.3 is 0 Å². The fourth-order valence-corrected chi connectivity index (χ4v) is 2.14. The maximum absolute atomic E-state index is 8.69. The Bertz CT molecular complexity index is 331. The van der Waals surface area contributed by atoms with Gasteiger partial charge in [-0.05, 0) is 12.3 Å². The normalized spacial score (nSPS) is 10.1. The first-order valence-corrected chi connectivity index (χ1v) is 5.65. The van der Waals surface area contributed by atoms with Crippen LogP contribution in [0.2, 0.25) is 0 Å². The lowest BCUT2D eigenvalue weighted by molar-refractivity contribution is 0.160. The average molecular weight is 229 g/mol. The SMILES string of the molecule is COc1ccc(CNO)c(OC)c1SC. The van der Waals surface area contributed by atoms with Crippen molar-refractivity contribution in [3.63, 3.8) is 0 Å². The van der Waals surface area contributed by atoms with Crippen molar-refractivity contribution < 1.29 is 14.7 Å². The van der Waals surface area contributed by atoms with Crippen LogP contribution in [0.1, 0.15) is 5.56 Å². The predicted octanol–water partition coefficient (Wildman–Crippen LogP) is 1.90. The zero-order chi connectivity index (χ0) is 11.3. The largest absolute Gasteiger partial charge is 0.495 e. The van der Waals surface area contributed by atoms with Crippen LogP contribution in [0.25, 0.3) is 0 Å². The molecule has 0 aliphatic rings. The lowest BCUT2D eigenvalue weighted by Crippen LogP contribution is -2.08. The minimum Gasteiger partial charge on any atom is -0.495 e. The van der Waals surface area contributed by atoms with Crippen LogP contribution in [0, 0.1) is 0 Å². The summed E-state index contributed by atoms with van der Waals surface area (Å²) in [6, 6.07) is 3.72. The second-order valence-electron chi connectivity index (χ2n) is 2.83. The molecule has 0 aliphatic carbocycles. The Morgan fingerprint density at radius 1 is 1.33 bits per heavy atom. The summed E-state index contributed by atoms with van der Waals surface area (Å²) in [6.45, 7) is 0.348. The molecule has 4 nitrogen and oxygen atoms in total. The monoisotopic (exact) mass is 229 g/mol. The fraction of sp³-hybridized carbons (Fsp3) is 0.400. The second-order valence-corrected chi connectivity index (χ2v) is 3.64. The molecule has 0 aromatic heterocycles. The molecule has 0 bridgehead atoms. The van der Waals surface area contributed by atoms with Gasteiger partial charge in [0.1, 0.15) is 11.5 Å². The van der Waals surface area contributed by atoms with Gasteiger partial charge in [-0.1, -0.05) is 6.07 Å². The highest BCUT2D eigenvalue weighted by molar-refractivity contribution is 7.98. The van der Waals surface area contributed by atoms with Gasteiger partial charge in [-0.2, -0.15) is 0 Å². The second kappa shape index (κ2) is 5.85. The van der Waals surface area contributed by atoms with Crippen molar-refractivity contribution in [3.8, 4) is 11.5 Å². The van der Waals surface area contributed by atoms with Gasteiger partial charge in [0.25, 0.3) is 0 Å². The first kappa shape index (κ1) is 12.2. The smallest absolute Gasteiger partial charge is 0.140 e. The molecule has 0 radical (unpaired) electrons. The van der Waals surface area contributed by atoms with Gasteiger partial charge in [0, 0.05) is 12.1 Å². The molecule has 0 saturated carbocycles. The summed E-state index contributed by atoms with van der Waals surface area (Å²) >= 11 is 1.55. The molecule has 0 heterocycles. The minimum absolute atomic E-state index is 0.348. The Morgan fingerprint density at radius 2 is 2.07 bits per heavy atom. The van der Waals surface area contributed by atoms with E-state index >= 15 is 0 Å². The van der Waals surface area contributed by atoms with Gasteiger partial charge < -0.3 is 14.7 Å². The first-order valence-electron chi connectivity index (χ1n) is 4.43. The highest BCUT2D eigenvalue weighted by atomic mass is 32.2. The molecule has 1 aromatic carbocycles. The summed E-state index contributed by atoms with van der Waals surface area (Å²) in [5.41, 5.74) is 3.01. The van der Waals surface area contributed by atoms with E-state index in [0.29, 0.717) is 6.54 Å². The van der Waals surface area contributed by atoms with Gasteiger partial charge in [-0.15, -0.1) is 11.8 Å².